The van der Waals surface area contributed by atoms with Crippen LogP contribution in [0.4, 0.5) is 5.95 Å². The van der Waals surface area contributed by atoms with Crippen molar-refractivity contribution < 1.29 is 4.79 Å². The SMILES string of the molecule is CC(=O)Nc1nc2c(c(-c3ccccc3Cl)n1)CN(CC1=CCCC=C1)CC2. The first kappa shape index (κ1) is 18.8. The standard InChI is InChI=1S/C22H23ClN4O/c1-15(28)24-22-25-20-11-12-27(13-16-7-3-2-4-8-16)14-18(20)21(26-22)17-9-5-6-10-19(17)23/h3,5-10H,2,4,11-14H2,1H3,(H,24,25,26,28). The summed E-state index contributed by atoms with van der Waals surface area (Å²) in [6.45, 7) is 4.08. The lowest BCUT2D eigenvalue weighted by molar-refractivity contribution is -0.114. The van der Waals surface area contributed by atoms with E-state index in [2.05, 4.69) is 38.4 Å². The second-order valence-electron chi connectivity index (χ2n) is 7.20. The van der Waals surface area contributed by atoms with Gasteiger partial charge < -0.3 is 0 Å². The number of hydrogen-bond donors (Lipinski definition) is 1. The molecule has 1 amide bonds. The smallest absolute Gasteiger partial charge is 0.230 e. The Morgan fingerprint density at radius 3 is 2.86 bits per heavy atom. The van der Waals surface area contributed by atoms with Crippen LogP contribution in [0.25, 0.3) is 11.3 Å². The van der Waals surface area contributed by atoms with Crippen LogP contribution in [0, 0.1) is 0 Å². The van der Waals surface area contributed by atoms with Crippen LogP contribution in [-0.4, -0.2) is 33.9 Å². The van der Waals surface area contributed by atoms with Gasteiger partial charge in [0.05, 0.1) is 11.4 Å². The Labute approximate surface area is 170 Å². The molecule has 2 heterocycles. The summed E-state index contributed by atoms with van der Waals surface area (Å²) in [6, 6.07) is 7.68. The summed E-state index contributed by atoms with van der Waals surface area (Å²) >= 11 is 6.47. The zero-order valence-corrected chi connectivity index (χ0v) is 16.7. The van der Waals surface area contributed by atoms with Crippen molar-refractivity contribution in [3.63, 3.8) is 0 Å². The van der Waals surface area contributed by atoms with E-state index in [1.54, 1.807) is 0 Å². The molecule has 2 aromatic rings. The van der Waals surface area contributed by atoms with Crippen molar-refractivity contribution in [3.05, 3.63) is 64.3 Å². The van der Waals surface area contributed by atoms with Crippen molar-refractivity contribution in [2.45, 2.75) is 32.7 Å². The maximum Gasteiger partial charge on any atom is 0.230 e. The molecule has 0 radical (unpaired) electrons. The van der Waals surface area contributed by atoms with Gasteiger partial charge in [0.1, 0.15) is 0 Å². The molecule has 5 nitrogen and oxygen atoms in total. The van der Waals surface area contributed by atoms with Gasteiger partial charge in [0.15, 0.2) is 0 Å². The maximum absolute atomic E-state index is 11.5. The molecular weight excluding hydrogens is 372 g/mol. The fraction of sp³-hybridized carbons (Fsp3) is 0.318. The van der Waals surface area contributed by atoms with E-state index in [1.807, 2.05) is 24.3 Å². The van der Waals surface area contributed by atoms with E-state index < -0.39 is 0 Å². The largest absolute Gasteiger partial charge is 0.295 e. The molecular formula is C22H23ClN4O. The van der Waals surface area contributed by atoms with Crippen LogP contribution in [0.1, 0.15) is 31.0 Å². The van der Waals surface area contributed by atoms with Crippen LogP contribution in [-0.2, 0) is 17.8 Å². The molecule has 2 aliphatic rings. The van der Waals surface area contributed by atoms with Crippen molar-refractivity contribution in [1.82, 2.24) is 14.9 Å². The lowest BCUT2D eigenvalue weighted by Gasteiger charge is -2.30. The number of nitrogens with one attached hydrogen (secondary N) is 1. The van der Waals surface area contributed by atoms with Crippen LogP contribution in [0.3, 0.4) is 0 Å². The summed E-state index contributed by atoms with van der Waals surface area (Å²) in [5.41, 5.74) is 5.11. The van der Waals surface area contributed by atoms with E-state index in [-0.39, 0.29) is 5.91 Å². The Morgan fingerprint density at radius 2 is 2.11 bits per heavy atom. The van der Waals surface area contributed by atoms with Crippen LogP contribution in [0.5, 0.6) is 0 Å². The number of amides is 1. The first-order valence-corrected chi connectivity index (χ1v) is 9.98. The van der Waals surface area contributed by atoms with Crippen LogP contribution in [0.15, 0.2) is 48.1 Å². The lowest BCUT2D eigenvalue weighted by atomic mass is 9.98. The molecule has 4 rings (SSSR count). The topological polar surface area (TPSA) is 58.1 Å². The van der Waals surface area contributed by atoms with Gasteiger partial charge in [0, 0.05) is 49.1 Å². The van der Waals surface area contributed by atoms with Crippen molar-refractivity contribution in [1.29, 1.82) is 0 Å². The summed E-state index contributed by atoms with van der Waals surface area (Å²) in [5, 5.41) is 3.37. The third-order valence-electron chi connectivity index (χ3n) is 5.03. The van der Waals surface area contributed by atoms with Crippen LogP contribution >= 0.6 is 11.6 Å². The molecule has 144 valence electrons. The number of rotatable bonds is 4. The van der Waals surface area contributed by atoms with Crippen molar-refractivity contribution >= 4 is 23.5 Å². The maximum atomic E-state index is 11.5. The second-order valence-corrected chi connectivity index (χ2v) is 7.61. The van der Waals surface area contributed by atoms with Crippen LogP contribution < -0.4 is 5.32 Å². The Hall–Kier alpha value is -2.50. The molecule has 1 aliphatic carbocycles. The molecule has 0 fully saturated rings. The minimum Gasteiger partial charge on any atom is -0.295 e. The molecule has 0 saturated heterocycles. The molecule has 1 N–H and O–H groups in total. The average molecular weight is 395 g/mol. The third-order valence-corrected chi connectivity index (χ3v) is 5.36. The molecule has 0 spiro atoms. The minimum atomic E-state index is -0.182. The quantitative estimate of drug-likeness (QED) is 0.835. The zero-order chi connectivity index (χ0) is 19.5. The summed E-state index contributed by atoms with van der Waals surface area (Å²) < 4.78 is 0. The monoisotopic (exact) mass is 394 g/mol. The fourth-order valence-corrected chi connectivity index (χ4v) is 3.96. The predicted molar refractivity (Wildman–Crippen MR) is 112 cm³/mol. The summed E-state index contributed by atoms with van der Waals surface area (Å²) in [7, 11) is 0. The highest BCUT2D eigenvalue weighted by Crippen LogP contribution is 2.33. The predicted octanol–water partition coefficient (Wildman–Crippen LogP) is 4.39. The Balaban J connectivity index is 1.70. The van der Waals surface area contributed by atoms with Gasteiger partial charge >= 0.3 is 0 Å². The van der Waals surface area contributed by atoms with Gasteiger partial charge in [-0.05, 0) is 24.5 Å². The Morgan fingerprint density at radius 1 is 1.25 bits per heavy atom. The normalized spacial score (nSPS) is 16.4. The van der Waals surface area contributed by atoms with E-state index >= 15 is 0 Å². The molecule has 1 aromatic carbocycles. The molecule has 6 heteroatoms. The molecule has 1 aromatic heterocycles. The summed E-state index contributed by atoms with van der Waals surface area (Å²) in [5.74, 6) is 0.158. The number of allylic oxidation sites excluding steroid dienone is 2. The minimum absolute atomic E-state index is 0.182. The fourth-order valence-electron chi connectivity index (χ4n) is 3.74. The first-order valence-electron chi connectivity index (χ1n) is 9.60. The summed E-state index contributed by atoms with van der Waals surface area (Å²) in [4.78, 5) is 23.2. The molecule has 0 saturated carbocycles. The molecule has 0 unspecified atom stereocenters. The van der Waals surface area contributed by atoms with Gasteiger partial charge in [0.2, 0.25) is 11.9 Å². The number of nitrogens with zero attached hydrogens (tertiary/aromatic N) is 3. The van der Waals surface area contributed by atoms with Gasteiger partial charge in [-0.1, -0.05) is 48.0 Å². The highest BCUT2D eigenvalue weighted by molar-refractivity contribution is 6.33. The Bertz CT molecular complexity index is 967. The molecule has 0 bridgehead atoms. The number of benzene rings is 1. The Kier molecular flexibility index (Phi) is 5.55. The van der Waals surface area contributed by atoms with Crippen molar-refractivity contribution in [2.75, 3.05) is 18.4 Å². The van der Waals surface area contributed by atoms with E-state index in [9.17, 15) is 4.79 Å². The van der Waals surface area contributed by atoms with Gasteiger partial charge in [-0.2, -0.15) is 0 Å². The number of aromatic nitrogens is 2. The van der Waals surface area contributed by atoms with E-state index in [4.69, 9.17) is 11.6 Å². The molecule has 28 heavy (non-hydrogen) atoms. The van der Waals surface area contributed by atoms with Crippen molar-refractivity contribution in [3.8, 4) is 11.3 Å². The lowest BCUT2D eigenvalue weighted by Crippen LogP contribution is -2.33. The van der Waals surface area contributed by atoms with Gasteiger partial charge in [-0.25, -0.2) is 9.97 Å². The number of halogens is 1. The third kappa shape index (κ3) is 4.16. The zero-order valence-electron chi connectivity index (χ0n) is 15.9. The van der Waals surface area contributed by atoms with E-state index in [0.717, 1.165) is 61.4 Å². The highest BCUT2D eigenvalue weighted by Gasteiger charge is 2.24. The molecule has 1 aliphatic heterocycles. The average Bonchev–Trinajstić information content (AvgIpc) is 2.68. The summed E-state index contributed by atoms with van der Waals surface area (Å²) in [6.07, 6.45) is 9.85. The molecule has 0 atom stereocenters. The first-order chi connectivity index (χ1) is 13.6. The van der Waals surface area contributed by atoms with Crippen molar-refractivity contribution in [2.24, 2.45) is 0 Å². The second kappa shape index (κ2) is 8.25. The number of carbonyl (C=O) groups is 1. The van der Waals surface area contributed by atoms with Gasteiger partial charge in [0.25, 0.3) is 0 Å². The number of anilines is 1. The number of fused-ring (bicyclic) bond motifs is 1. The van der Waals surface area contributed by atoms with Gasteiger partial charge in [-0.3, -0.25) is 15.0 Å². The van der Waals surface area contributed by atoms with E-state index in [0.29, 0.717) is 11.0 Å². The van der Waals surface area contributed by atoms with E-state index in [1.165, 1.54) is 12.5 Å². The highest BCUT2D eigenvalue weighted by atomic mass is 35.5. The van der Waals surface area contributed by atoms with Gasteiger partial charge in [-0.15, -0.1) is 0 Å². The number of carbonyl (C=O) groups excluding carboxylic acids is 1. The van der Waals surface area contributed by atoms with Crippen LogP contribution in [0.2, 0.25) is 5.02 Å². The number of hydrogen-bond acceptors (Lipinski definition) is 4.